The Morgan fingerprint density at radius 1 is 1.15 bits per heavy atom. The van der Waals surface area contributed by atoms with Gasteiger partial charge in [0.15, 0.2) is 0 Å². The van der Waals surface area contributed by atoms with E-state index in [4.69, 9.17) is 0 Å². The molecular weight excluding hydrogens is 420 g/mol. The zero-order valence-corrected chi connectivity index (χ0v) is 18.7. The van der Waals surface area contributed by atoms with Gasteiger partial charge in [-0.1, -0.05) is 26.0 Å². The van der Waals surface area contributed by atoms with Crippen LogP contribution in [0, 0.1) is 11.8 Å². The third-order valence-electron chi connectivity index (χ3n) is 6.91. The number of carboxylic acid groups (broad SMARTS) is 1. The average Bonchev–Trinajstić information content (AvgIpc) is 3.17. The Balaban J connectivity index is 1.46. The van der Waals surface area contributed by atoms with Crippen molar-refractivity contribution in [3.05, 3.63) is 64.2 Å². The quantitative estimate of drug-likeness (QED) is 0.556. The number of nitrogens with one attached hydrogen (secondary N) is 2. The fourth-order valence-electron chi connectivity index (χ4n) is 5.37. The number of carboxylic acids is 1. The maximum absolute atomic E-state index is 12.5. The number of rotatable bonds is 5. The van der Waals surface area contributed by atoms with E-state index >= 15 is 0 Å². The van der Waals surface area contributed by atoms with Gasteiger partial charge in [0.05, 0.1) is 0 Å². The molecule has 1 aromatic carbocycles. The van der Waals surface area contributed by atoms with Crippen LogP contribution >= 0.6 is 0 Å². The van der Waals surface area contributed by atoms with Crippen LogP contribution in [0.2, 0.25) is 0 Å². The topological polar surface area (TPSA) is 107 Å². The molecule has 1 saturated heterocycles. The van der Waals surface area contributed by atoms with E-state index in [-0.39, 0.29) is 29.2 Å². The van der Waals surface area contributed by atoms with Crippen molar-refractivity contribution in [2.45, 2.75) is 38.8 Å². The molecule has 2 bridgehead atoms. The molecule has 5 rings (SSSR count). The lowest BCUT2D eigenvalue weighted by Crippen LogP contribution is -2.49. The number of carbonyl (C=O) groups is 2. The third kappa shape index (κ3) is 3.84. The van der Waals surface area contributed by atoms with Gasteiger partial charge in [-0.3, -0.25) is 19.3 Å². The highest BCUT2D eigenvalue weighted by Gasteiger charge is 2.40. The van der Waals surface area contributed by atoms with Crippen LogP contribution in [0.5, 0.6) is 0 Å². The standard InChI is InChI=1S/C25H28N4O4/c1-14(2)24(31)27-17-6-7-18-19(10-26-20(18)9-17)23(25(32)33)28-11-15-8-16(13-28)21-4-3-5-22(30)29(21)12-15/h3-7,9-10,14-16,23,26H,8,11-13H2,1-2H3,(H,27,31)(H,32,33)/t15-,16-,23-/m0/s1. The molecule has 2 aliphatic heterocycles. The fraction of sp³-hybridized carbons (Fsp3) is 0.400. The average molecular weight is 449 g/mol. The predicted molar refractivity (Wildman–Crippen MR) is 125 cm³/mol. The number of nitrogens with zero attached hydrogens (tertiary/aromatic N) is 2. The first-order chi connectivity index (χ1) is 15.8. The van der Waals surface area contributed by atoms with E-state index < -0.39 is 12.0 Å². The summed E-state index contributed by atoms with van der Waals surface area (Å²) in [5.74, 6) is -0.712. The largest absolute Gasteiger partial charge is 0.480 e. The molecule has 0 radical (unpaired) electrons. The fourth-order valence-corrected chi connectivity index (χ4v) is 5.37. The number of benzene rings is 1. The molecule has 172 valence electrons. The third-order valence-corrected chi connectivity index (χ3v) is 6.91. The number of piperidine rings is 1. The van der Waals surface area contributed by atoms with Crippen LogP contribution in [0.15, 0.2) is 47.4 Å². The Hall–Kier alpha value is -3.39. The normalized spacial score (nSPS) is 21.1. The number of pyridine rings is 1. The van der Waals surface area contributed by atoms with Crippen molar-refractivity contribution in [2.24, 2.45) is 11.8 Å². The summed E-state index contributed by atoms with van der Waals surface area (Å²) in [5.41, 5.74) is 3.19. The lowest BCUT2D eigenvalue weighted by atomic mass is 9.82. The zero-order chi connectivity index (χ0) is 23.3. The van der Waals surface area contributed by atoms with Gasteiger partial charge in [0.25, 0.3) is 5.56 Å². The van der Waals surface area contributed by atoms with E-state index in [1.165, 1.54) is 0 Å². The Morgan fingerprint density at radius 3 is 2.73 bits per heavy atom. The smallest absolute Gasteiger partial charge is 0.325 e. The Bertz CT molecular complexity index is 1290. The van der Waals surface area contributed by atoms with Crippen molar-refractivity contribution in [3.8, 4) is 0 Å². The number of anilines is 1. The van der Waals surface area contributed by atoms with E-state index in [0.29, 0.717) is 30.9 Å². The summed E-state index contributed by atoms with van der Waals surface area (Å²) < 4.78 is 1.85. The van der Waals surface area contributed by atoms with Crippen molar-refractivity contribution in [3.63, 3.8) is 0 Å². The van der Waals surface area contributed by atoms with Crippen molar-refractivity contribution >= 4 is 28.5 Å². The van der Waals surface area contributed by atoms with E-state index in [1.54, 1.807) is 18.3 Å². The lowest BCUT2D eigenvalue weighted by Gasteiger charge is -2.44. The molecule has 1 fully saturated rings. The summed E-state index contributed by atoms with van der Waals surface area (Å²) in [6, 6.07) is 10.1. The summed E-state index contributed by atoms with van der Waals surface area (Å²) >= 11 is 0. The number of hydrogen-bond acceptors (Lipinski definition) is 4. The monoisotopic (exact) mass is 448 g/mol. The van der Waals surface area contributed by atoms with Gasteiger partial charge in [-0.2, -0.15) is 0 Å². The molecule has 0 unspecified atom stereocenters. The van der Waals surface area contributed by atoms with Gasteiger partial charge in [0, 0.05) is 71.6 Å². The summed E-state index contributed by atoms with van der Waals surface area (Å²) in [5, 5.41) is 13.9. The molecule has 2 aromatic heterocycles. The number of hydrogen-bond donors (Lipinski definition) is 3. The highest BCUT2D eigenvalue weighted by atomic mass is 16.4. The highest BCUT2D eigenvalue weighted by molar-refractivity contribution is 5.96. The molecule has 0 spiro atoms. The second kappa shape index (κ2) is 8.19. The number of aromatic amines is 1. The first kappa shape index (κ1) is 21.5. The molecule has 3 aromatic rings. The second-order valence-electron chi connectivity index (χ2n) is 9.54. The summed E-state index contributed by atoms with van der Waals surface area (Å²) in [6.45, 7) is 5.51. The van der Waals surface area contributed by atoms with Gasteiger partial charge in [-0.15, -0.1) is 0 Å². The van der Waals surface area contributed by atoms with Crippen LogP contribution in [0.3, 0.4) is 0 Å². The van der Waals surface area contributed by atoms with Crippen LogP contribution < -0.4 is 10.9 Å². The van der Waals surface area contributed by atoms with Gasteiger partial charge in [0.1, 0.15) is 6.04 Å². The van der Waals surface area contributed by atoms with Crippen molar-refractivity contribution in [1.29, 1.82) is 0 Å². The number of H-pyrrole nitrogens is 1. The number of fused-ring (bicyclic) bond motifs is 5. The Kier molecular flexibility index (Phi) is 5.32. The van der Waals surface area contributed by atoms with Crippen LogP contribution in [0.1, 0.15) is 43.5 Å². The molecule has 2 aliphatic rings. The minimum absolute atomic E-state index is 0.0161. The van der Waals surface area contributed by atoms with Gasteiger partial charge in [-0.05, 0) is 30.5 Å². The van der Waals surface area contributed by atoms with E-state index in [1.807, 2.05) is 47.6 Å². The molecule has 3 N–H and O–H groups in total. The van der Waals surface area contributed by atoms with Gasteiger partial charge in [0.2, 0.25) is 5.91 Å². The maximum Gasteiger partial charge on any atom is 0.325 e. The summed E-state index contributed by atoms with van der Waals surface area (Å²) in [4.78, 5) is 42.1. The lowest BCUT2D eigenvalue weighted by molar-refractivity contribution is -0.144. The molecule has 0 saturated carbocycles. The number of carbonyl (C=O) groups excluding carboxylic acids is 1. The second-order valence-corrected chi connectivity index (χ2v) is 9.54. The van der Waals surface area contributed by atoms with E-state index in [0.717, 1.165) is 23.0 Å². The number of aromatic nitrogens is 2. The summed E-state index contributed by atoms with van der Waals surface area (Å²) in [6.07, 6.45) is 2.74. The molecule has 8 heteroatoms. The zero-order valence-electron chi connectivity index (χ0n) is 18.7. The number of likely N-dealkylation sites (tertiary alicyclic amines) is 1. The van der Waals surface area contributed by atoms with Crippen molar-refractivity contribution in [1.82, 2.24) is 14.5 Å². The van der Waals surface area contributed by atoms with Crippen LogP contribution in [-0.2, 0) is 16.1 Å². The van der Waals surface area contributed by atoms with Crippen LogP contribution in [0.4, 0.5) is 5.69 Å². The Morgan fingerprint density at radius 2 is 1.97 bits per heavy atom. The highest BCUT2D eigenvalue weighted by Crippen LogP contribution is 2.39. The molecule has 8 nitrogen and oxygen atoms in total. The molecule has 3 atom stereocenters. The number of aliphatic carboxylic acids is 1. The molecule has 4 heterocycles. The first-order valence-corrected chi connectivity index (χ1v) is 11.4. The first-order valence-electron chi connectivity index (χ1n) is 11.4. The van der Waals surface area contributed by atoms with Gasteiger partial charge < -0.3 is 20.0 Å². The van der Waals surface area contributed by atoms with Crippen LogP contribution in [0.25, 0.3) is 10.9 Å². The van der Waals surface area contributed by atoms with E-state index in [2.05, 4.69) is 10.3 Å². The number of amides is 1. The molecule has 33 heavy (non-hydrogen) atoms. The minimum Gasteiger partial charge on any atom is -0.480 e. The molecule has 0 aliphatic carbocycles. The summed E-state index contributed by atoms with van der Waals surface area (Å²) in [7, 11) is 0. The van der Waals surface area contributed by atoms with Gasteiger partial charge >= 0.3 is 5.97 Å². The predicted octanol–water partition coefficient (Wildman–Crippen LogP) is 3.17. The van der Waals surface area contributed by atoms with E-state index in [9.17, 15) is 19.5 Å². The van der Waals surface area contributed by atoms with Crippen molar-refractivity contribution < 1.29 is 14.7 Å². The molecule has 1 amide bonds. The SMILES string of the molecule is CC(C)C(=O)Nc1ccc2c([C@@H](C(=O)O)N3C[C@@H]4C[C@@H](C3)c3cccc(=O)n3C4)c[nH]c2c1. The molecular formula is C25H28N4O4. The maximum atomic E-state index is 12.5. The van der Waals surface area contributed by atoms with Crippen LogP contribution in [-0.4, -0.2) is 44.5 Å². The van der Waals surface area contributed by atoms with Gasteiger partial charge in [-0.25, -0.2) is 0 Å². The Labute approximate surface area is 191 Å². The van der Waals surface area contributed by atoms with Crippen molar-refractivity contribution in [2.75, 3.05) is 18.4 Å². The minimum atomic E-state index is -0.890.